The van der Waals surface area contributed by atoms with Gasteiger partial charge in [-0.1, -0.05) is 37.3 Å². The third kappa shape index (κ3) is 6.70. The molecule has 0 aliphatic rings. The lowest BCUT2D eigenvalue weighted by Crippen LogP contribution is -2.24. The van der Waals surface area contributed by atoms with Gasteiger partial charge in [0.25, 0.3) is 0 Å². The van der Waals surface area contributed by atoms with Gasteiger partial charge in [0.2, 0.25) is 0 Å². The molecule has 0 fully saturated rings. The van der Waals surface area contributed by atoms with Crippen molar-refractivity contribution < 1.29 is 5.11 Å². The van der Waals surface area contributed by atoms with Gasteiger partial charge in [0.15, 0.2) is 0 Å². The van der Waals surface area contributed by atoms with E-state index >= 15 is 0 Å². The van der Waals surface area contributed by atoms with Crippen molar-refractivity contribution in [2.24, 2.45) is 0 Å². The molecule has 0 saturated heterocycles. The van der Waals surface area contributed by atoms with Crippen LogP contribution in [-0.2, 0) is 6.42 Å². The second kappa shape index (κ2) is 10.8. The number of hydrogen-bond acceptors (Lipinski definition) is 4. The van der Waals surface area contributed by atoms with Crippen LogP contribution in [0.1, 0.15) is 44.4 Å². The summed E-state index contributed by atoms with van der Waals surface area (Å²) in [5.41, 5.74) is 4.54. The van der Waals surface area contributed by atoms with Crippen LogP contribution in [0.3, 0.4) is 0 Å². The predicted molar refractivity (Wildman–Crippen MR) is 112 cm³/mol. The normalized spacial score (nSPS) is 12.2. The van der Waals surface area contributed by atoms with Crippen LogP contribution in [0.15, 0.2) is 48.5 Å². The van der Waals surface area contributed by atoms with Crippen LogP contribution >= 0.6 is 0 Å². The minimum Gasteiger partial charge on any atom is -0.387 e. The fourth-order valence-electron chi connectivity index (χ4n) is 2.86. The molecule has 4 N–H and O–H groups in total. The van der Waals surface area contributed by atoms with Gasteiger partial charge in [-0.15, -0.1) is 0 Å². The van der Waals surface area contributed by atoms with Crippen molar-refractivity contribution in [3.8, 4) is 0 Å². The maximum Gasteiger partial charge on any atom is 0.0914 e. The highest BCUT2D eigenvalue weighted by atomic mass is 16.3. The molecule has 0 aliphatic carbocycles. The Hall–Kier alpha value is -2.04. The number of rotatable bonds is 11. The Kier molecular flexibility index (Phi) is 8.45. The zero-order valence-corrected chi connectivity index (χ0v) is 16.3. The fourth-order valence-corrected chi connectivity index (χ4v) is 2.86. The van der Waals surface area contributed by atoms with Crippen LogP contribution in [0.5, 0.6) is 0 Å². The third-order valence-corrected chi connectivity index (χ3v) is 4.24. The van der Waals surface area contributed by atoms with E-state index in [9.17, 15) is 5.11 Å². The first-order valence-corrected chi connectivity index (χ1v) is 9.67. The van der Waals surface area contributed by atoms with E-state index in [0.29, 0.717) is 12.6 Å². The molecular weight excluding hydrogens is 322 g/mol. The zero-order valence-electron chi connectivity index (χ0n) is 16.3. The smallest absolute Gasteiger partial charge is 0.0914 e. The van der Waals surface area contributed by atoms with Crippen molar-refractivity contribution in [2.75, 3.05) is 30.3 Å². The Morgan fingerprint density at radius 1 is 0.962 bits per heavy atom. The molecule has 0 aromatic heterocycles. The number of para-hydroxylation sites is 1. The summed E-state index contributed by atoms with van der Waals surface area (Å²) in [6.07, 6.45) is 1.55. The number of aliphatic hydroxyl groups excluding tert-OH is 1. The predicted octanol–water partition coefficient (Wildman–Crippen LogP) is 4.19. The largest absolute Gasteiger partial charge is 0.387 e. The van der Waals surface area contributed by atoms with E-state index in [1.165, 1.54) is 11.3 Å². The molecule has 0 radical (unpaired) electrons. The van der Waals surface area contributed by atoms with Gasteiger partial charge in [-0.3, -0.25) is 0 Å². The first-order chi connectivity index (χ1) is 12.6. The second-order valence-corrected chi connectivity index (χ2v) is 6.97. The van der Waals surface area contributed by atoms with E-state index < -0.39 is 6.10 Å². The molecule has 0 heterocycles. The van der Waals surface area contributed by atoms with Gasteiger partial charge in [0.1, 0.15) is 0 Å². The van der Waals surface area contributed by atoms with E-state index in [1.807, 2.05) is 24.3 Å². The number of aliphatic hydroxyl groups is 1. The SMILES string of the molecule is CCCNc1ccc(C(O)CNCCc2ccccc2NC(C)C)cc1. The van der Waals surface area contributed by atoms with Gasteiger partial charge >= 0.3 is 0 Å². The Labute approximate surface area is 158 Å². The Morgan fingerprint density at radius 3 is 2.38 bits per heavy atom. The van der Waals surface area contributed by atoms with Gasteiger partial charge in [-0.2, -0.15) is 0 Å². The van der Waals surface area contributed by atoms with Gasteiger partial charge in [0, 0.05) is 30.5 Å². The first-order valence-electron chi connectivity index (χ1n) is 9.67. The molecule has 26 heavy (non-hydrogen) atoms. The van der Waals surface area contributed by atoms with Crippen molar-refractivity contribution in [3.05, 3.63) is 59.7 Å². The topological polar surface area (TPSA) is 56.3 Å². The zero-order chi connectivity index (χ0) is 18.8. The van der Waals surface area contributed by atoms with Crippen LogP contribution in [0, 0.1) is 0 Å². The Morgan fingerprint density at radius 2 is 1.69 bits per heavy atom. The lowest BCUT2D eigenvalue weighted by Gasteiger charge is -2.16. The Bertz CT molecular complexity index is 640. The number of benzene rings is 2. The molecule has 4 nitrogen and oxygen atoms in total. The van der Waals surface area contributed by atoms with Crippen LogP contribution in [-0.4, -0.2) is 30.8 Å². The highest BCUT2D eigenvalue weighted by Gasteiger charge is 2.08. The summed E-state index contributed by atoms with van der Waals surface area (Å²) in [5.74, 6) is 0. The molecule has 1 unspecified atom stereocenters. The highest BCUT2D eigenvalue weighted by molar-refractivity contribution is 5.51. The summed E-state index contributed by atoms with van der Waals surface area (Å²) >= 11 is 0. The van der Waals surface area contributed by atoms with Gasteiger partial charge in [-0.05, 0) is 62.6 Å². The third-order valence-electron chi connectivity index (χ3n) is 4.24. The van der Waals surface area contributed by atoms with Crippen LogP contribution in [0.25, 0.3) is 0 Å². The lowest BCUT2D eigenvalue weighted by atomic mass is 10.1. The van der Waals surface area contributed by atoms with Crippen molar-refractivity contribution in [1.82, 2.24) is 5.32 Å². The monoisotopic (exact) mass is 355 g/mol. The minimum absolute atomic E-state index is 0.417. The fraction of sp³-hybridized carbons (Fsp3) is 0.455. The summed E-state index contributed by atoms with van der Waals surface area (Å²) in [6, 6.07) is 16.9. The molecular formula is C22H33N3O. The molecule has 2 rings (SSSR count). The summed E-state index contributed by atoms with van der Waals surface area (Å²) in [4.78, 5) is 0. The number of nitrogens with one attached hydrogen (secondary N) is 3. The van der Waals surface area contributed by atoms with Gasteiger partial charge in [0.05, 0.1) is 6.10 Å². The Balaban J connectivity index is 1.77. The standard InChI is InChI=1S/C22H33N3O/c1-4-14-24-20-11-9-19(10-12-20)22(26)16-23-15-13-18-7-5-6-8-21(18)25-17(2)3/h5-12,17,22-26H,4,13-16H2,1-3H3. The van der Waals surface area contributed by atoms with Crippen molar-refractivity contribution in [2.45, 2.75) is 45.8 Å². The van der Waals surface area contributed by atoms with E-state index in [1.54, 1.807) is 0 Å². The summed E-state index contributed by atoms with van der Waals surface area (Å²) in [5, 5.41) is 20.6. The highest BCUT2D eigenvalue weighted by Crippen LogP contribution is 2.17. The van der Waals surface area contributed by atoms with Crippen LogP contribution in [0.2, 0.25) is 0 Å². The first kappa shape index (κ1) is 20.3. The molecule has 1 atom stereocenters. The van der Waals surface area contributed by atoms with E-state index in [-0.39, 0.29) is 0 Å². The van der Waals surface area contributed by atoms with Crippen LogP contribution in [0.4, 0.5) is 11.4 Å². The van der Waals surface area contributed by atoms with Crippen molar-refractivity contribution in [3.63, 3.8) is 0 Å². The minimum atomic E-state index is -0.487. The average Bonchev–Trinajstić information content (AvgIpc) is 2.64. The van der Waals surface area contributed by atoms with Gasteiger partial charge in [-0.25, -0.2) is 0 Å². The molecule has 142 valence electrons. The summed E-state index contributed by atoms with van der Waals surface area (Å²) in [6.45, 7) is 8.80. The summed E-state index contributed by atoms with van der Waals surface area (Å²) < 4.78 is 0. The quantitative estimate of drug-likeness (QED) is 0.457. The maximum atomic E-state index is 10.4. The molecule has 0 saturated carbocycles. The molecule has 4 heteroatoms. The molecule has 0 bridgehead atoms. The maximum absolute atomic E-state index is 10.4. The van der Waals surface area contributed by atoms with E-state index in [0.717, 1.165) is 37.2 Å². The summed E-state index contributed by atoms with van der Waals surface area (Å²) in [7, 11) is 0. The van der Waals surface area contributed by atoms with Crippen molar-refractivity contribution in [1.29, 1.82) is 0 Å². The number of anilines is 2. The number of hydrogen-bond donors (Lipinski definition) is 4. The van der Waals surface area contributed by atoms with E-state index in [2.05, 4.69) is 61.0 Å². The lowest BCUT2D eigenvalue weighted by molar-refractivity contribution is 0.175. The second-order valence-electron chi connectivity index (χ2n) is 6.97. The van der Waals surface area contributed by atoms with Crippen molar-refractivity contribution >= 4 is 11.4 Å². The molecule has 0 spiro atoms. The average molecular weight is 356 g/mol. The van der Waals surface area contributed by atoms with Crippen LogP contribution < -0.4 is 16.0 Å². The van der Waals surface area contributed by atoms with E-state index in [4.69, 9.17) is 0 Å². The molecule has 2 aromatic rings. The molecule has 2 aromatic carbocycles. The molecule has 0 amide bonds. The van der Waals surface area contributed by atoms with Gasteiger partial charge < -0.3 is 21.1 Å². The molecule has 0 aliphatic heterocycles.